The summed E-state index contributed by atoms with van der Waals surface area (Å²) in [5, 5.41) is 12.7. The molecule has 0 aliphatic heterocycles. The van der Waals surface area contributed by atoms with Gasteiger partial charge in [0.25, 0.3) is 0 Å². The number of rotatable bonds is 4. The summed E-state index contributed by atoms with van der Waals surface area (Å²) in [6.07, 6.45) is 10.6. The fourth-order valence-electron chi connectivity index (χ4n) is 2.72. The summed E-state index contributed by atoms with van der Waals surface area (Å²) < 4.78 is 0. The van der Waals surface area contributed by atoms with Crippen LogP contribution in [0.2, 0.25) is 0 Å². The predicted molar refractivity (Wildman–Crippen MR) is 58.2 cm³/mol. The lowest BCUT2D eigenvalue weighted by molar-refractivity contribution is 0.0619. The van der Waals surface area contributed by atoms with Crippen LogP contribution in [0.5, 0.6) is 0 Å². The van der Waals surface area contributed by atoms with Gasteiger partial charge in [0, 0.05) is 6.04 Å². The highest BCUT2D eigenvalue weighted by Gasteiger charge is 2.26. The Hall–Kier alpha value is -0.0800. The molecule has 82 valence electrons. The average Bonchev–Trinajstić information content (AvgIpc) is 2.17. The summed E-state index contributed by atoms with van der Waals surface area (Å²) in [4.78, 5) is 0. The zero-order chi connectivity index (χ0) is 9.80. The summed E-state index contributed by atoms with van der Waals surface area (Å²) in [6, 6.07) is 0.619. The van der Waals surface area contributed by atoms with E-state index in [1.165, 1.54) is 45.1 Å². The molecule has 0 atom stereocenters. The normalized spacial score (nSPS) is 34.1. The molecule has 0 aromatic heterocycles. The molecule has 0 amide bonds. The Morgan fingerprint density at radius 1 is 1.07 bits per heavy atom. The number of aliphatic hydroxyl groups excluding tert-OH is 1. The molecule has 2 N–H and O–H groups in total. The van der Waals surface area contributed by atoms with E-state index in [-0.39, 0.29) is 6.10 Å². The number of aliphatic hydroxyl groups is 1. The third-order valence-corrected chi connectivity index (χ3v) is 3.82. The Bertz CT molecular complexity index is 160. The maximum absolute atomic E-state index is 9.13. The number of hydrogen-bond donors (Lipinski definition) is 2. The van der Waals surface area contributed by atoms with E-state index in [9.17, 15) is 0 Å². The summed E-state index contributed by atoms with van der Waals surface area (Å²) in [5.41, 5.74) is 0. The van der Waals surface area contributed by atoms with Gasteiger partial charge in [-0.3, -0.25) is 0 Å². The van der Waals surface area contributed by atoms with Crippen LogP contribution in [-0.2, 0) is 0 Å². The van der Waals surface area contributed by atoms with Gasteiger partial charge < -0.3 is 10.4 Å². The van der Waals surface area contributed by atoms with Crippen LogP contribution in [0.4, 0.5) is 0 Å². The van der Waals surface area contributed by atoms with Crippen molar-refractivity contribution >= 4 is 0 Å². The van der Waals surface area contributed by atoms with Crippen molar-refractivity contribution in [1.82, 2.24) is 5.32 Å². The second-order valence-corrected chi connectivity index (χ2v) is 5.07. The van der Waals surface area contributed by atoms with E-state index in [2.05, 4.69) is 5.32 Å². The molecule has 0 bridgehead atoms. The average molecular weight is 197 g/mol. The highest BCUT2D eigenvalue weighted by atomic mass is 16.3. The lowest BCUT2D eigenvalue weighted by Crippen LogP contribution is -2.44. The van der Waals surface area contributed by atoms with Crippen LogP contribution in [0.15, 0.2) is 0 Å². The molecule has 2 heteroatoms. The van der Waals surface area contributed by atoms with Gasteiger partial charge >= 0.3 is 0 Å². The van der Waals surface area contributed by atoms with Gasteiger partial charge in [0.15, 0.2) is 0 Å². The predicted octanol–water partition coefficient (Wildman–Crippen LogP) is 2.07. The minimum absolute atomic E-state index is 0.0119. The van der Waals surface area contributed by atoms with Crippen LogP contribution in [0.1, 0.15) is 51.4 Å². The Morgan fingerprint density at radius 2 is 1.79 bits per heavy atom. The SMILES string of the molecule is OC1CC(NCCC2CCCCC2)C1. The van der Waals surface area contributed by atoms with E-state index in [4.69, 9.17) is 5.11 Å². The van der Waals surface area contributed by atoms with Crippen LogP contribution in [0, 0.1) is 5.92 Å². The van der Waals surface area contributed by atoms with E-state index in [0.29, 0.717) is 6.04 Å². The molecule has 0 aromatic carbocycles. The van der Waals surface area contributed by atoms with Gasteiger partial charge in [-0.05, 0) is 31.7 Å². The van der Waals surface area contributed by atoms with Crippen molar-refractivity contribution in [2.45, 2.75) is 63.5 Å². The molecule has 2 saturated carbocycles. The lowest BCUT2D eigenvalue weighted by atomic mass is 9.86. The largest absolute Gasteiger partial charge is 0.393 e. The minimum atomic E-state index is -0.0119. The fourth-order valence-corrected chi connectivity index (χ4v) is 2.72. The first-order valence-corrected chi connectivity index (χ1v) is 6.26. The Morgan fingerprint density at radius 3 is 2.43 bits per heavy atom. The van der Waals surface area contributed by atoms with E-state index in [1.54, 1.807) is 0 Å². The summed E-state index contributed by atoms with van der Waals surface area (Å²) >= 11 is 0. The molecule has 2 rings (SSSR count). The molecular formula is C12H23NO. The first-order valence-electron chi connectivity index (χ1n) is 6.26. The molecule has 0 spiro atoms. The smallest absolute Gasteiger partial charge is 0.0570 e. The monoisotopic (exact) mass is 197 g/mol. The van der Waals surface area contributed by atoms with Crippen molar-refractivity contribution in [1.29, 1.82) is 0 Å². The number of nitrogens with one attached hydrogen (secondary N) is 1. The van der Waals surface area contributed by atoms with Crippen molar-refractivity contribution in [3.8, 4) is 0 Å². The Labute approximate surface area is 87.1 Å². The molecule has 2 aliphatic rings. The zero-order valence-electron chi connectivity index (χ0n) is 9.04. The van der Waals surface area contributed by atoms with Gasteiger partial charge in [-0.1, -0.05) is 32.1 Å². The van der Waals surface area contributed by atoms with Crippen molar-refractivity contribution in [3.05, 3.63) is 0 Å². The van der Waals surface area contributed by atoms with Crippen LogP contribution < -0.4 is 5.32 Å². The highest BCUT2D eigenvalue weighted by molar-refractivity contribution is 4.84. The molecule has 14 heavy (non-hydrogen) atoms. The highest BCUT2D eigenvalue weighted by Crippen LogP contribution is 2.26. The molecule has 0 aromatic rings. The Balaban J connectivity index is 1.50. The van der Waals surface area contributed by atoms with Crippen molar-refractivity contribution in [3.63, 3.8) is 0 Å². The maximum Gasteiger partial charge on any atom is 0.0570 e. The molecule has 2 fully saturated rings. The van der Waals surface area contributed by atoms with Crippen LogP contribution in [0.3, 0.4) is 0 Å². The molecule has 2 nitrogen and oxygen atoms in total. The van der Waals surface area contributed by atoms with Gasteiger partial charge in [-0.25, -0.2) is 0 Å². The standard InChI is InChI=1S/C12H23NO/c14-12-8-11(9-12)13-7-6-10-4-2-1-3-5-10/h10-14H,1-9H2. The first-order chi connectivity index (χ1) is 6.84. The topological polar surface area (TPSA) is 32.3 Å². The third kappa shape index (κ3) is 2.96. The molecule has 0 saturated heterocycles. The second kappa shape index (κ2) is 5.13. The summed E-state index contributed by atoms with van der Waals surface area (Å²) in [7, 11) is 0. The molecule has 0 heterocycles. The maximum atomic E-state index is 9.13. The van der Waals surface area contributed by atoms with Gasteiger partial charge in [0.2, 0.25) is 0 Å². The van der Waals surface area contributed by atoms with E-state index in [1.807, 2.05) is 0 Å². The van der Waals surface area contributed by atoms with Crippen LogP contribution in [-0.4, -0.2) is 23.8 Å². The van der Waals surface area contributed by atoms with Gasteiger partial charge in [0.05, 0.1) is 6.10 Å². The number of hydrogen-bond acceptors (Lipinski definition) is 2. The van der Waals surface area contributed by atoms with Crippen LogP contribution >= 0.6 is 0 Å². The third-order valence-electron chi connectivity index (χ3n) is 3.82. The van der Waals surface area contributed by atoms with Crippen molar-refractivity contribution < 1.29 is 5.11 Å². The van der Waals surface area contributed by atoms with Crippen LogP contribution in [0.25, 0.3) is 0 Å². The quantitative estimate of drug-likeness (QED) is 0.723. The van der Waals surface area contributed by atoms with Gasteiger partial charge in [-0.2, -0.15) is 0 Å². The van der Waals surface area contributed by atoms with Crippen molar-refractivity contribution in [2.75, 3.05) is 6.54 Å². The minimum Gasteiger partial charge on any atom is -0.393 e. The van der Waals surface area contributed by atoms with Crippen molar-refractivity contribution in [2.24, 2.45) is 5.92 Å². The summed E-state index contributed by atoms with van der Waals surface area (Å²) in [6.45, 7) is 1.17. The lowest BCUT2D eigenvalue weighted by Gasteiger charge is -2.33. The van der Waals surface area contributed by atoms with Gasteiger partial charge in [-0.15, -0.1) is 0 Å². The molecule has 0 radical (unpaired) electrons. The van der Waals surface area contributed by atoms with E-state index in [0.717, 1.165) is 18.8 Å². The first kappa shape index (κ1) is 10.4. The van der Waals surface area contributed by atoms with Gasteiger partial charge in [0.1, 0.15) is 0 Å². The molecule has 2 aliphatic carbocycles. The molecule has 0 unspecified atom stereocenters. The van der Waals surface area contributed by atoms with E-state index >= 15 is 0 Å². The van der Waals surface area contributed by atoms with E-state index < -0.39 is 0 Å². The Kier molecular flexibility index (Phi) is 3.82. The second-order valence-electron chi connectivity index (χ2n) is 5.07. The molecular weight excluding hydrogens is 174 g/mol. The zero-order valence-corrected chi connectivity index (χ0v) is 9.04. The fraction of sp³-hybridized carbons (Fsp3) is 1.00. The summed E-state index contributed by atoms with van der Waals surface area (Å²) in [5.74, 6) is 0.987.